The zero-order chi connectivity index (χ0) is 16.3. The number of halogens is 1. The van der Waals surface area contributed by atoms with Gasteiger partial charge in [0.25, 0.3) is 0 Å². The van der Waals surface area contributed by atoms with E-state index in [4.69, 9.17) is 9.47 Å². The molecule has 1 atom stereocenters. The molecule has 6 heteroatoms. The fourth-order valence-electron chi connectivity index (χ4n) is 2.22. The molecule has 1 amide bonds. The number of benzene rings is 1. The second-order valence-electron chi connectivity index (χ2n) is 6.25. The Labute approximate surface area is 138 Å². The van der Waals surface area contributed by atoms with Gasteiger partial charge in [-0.1, -0.05) is 15.9 Å². The first-order chi connectivity index (χ1) is 10.3. The van der Waals surface area contributed by atoms with E-state index in [1.807, 2.05) is 26.8 Å². The van der Waals surface area contributed by atoms with Crippen LogP contribution in [0.25, 0.3) is 0 Å². The van der Waals surface area contributed by atoms with Gasteiger partial charge in [-0.15, -0.1) is 0 Å². The van der Waals surface area contributed by atoms with E-state index >= 15 is 0 Å². The number of hydrogen-bond acceptors (Lipinski definition) is 4. The van der Waals surface area contributed by atoms with Gasteiger partial charge in [-0.3, -0.25) is 4.79 Å². The van der Waals surface area contributed by atoms with E-state index in [2.05, 4.69) is 15.9 Å². The zero-order valence-electron chi connectivity index (χ0n) is 13.0. The van der Waals surface area contributed by atoms with E-state index in [1.165, 1.54) is 0 Å². The van der Waals surface area contributed by atoms with Gasteiger partial charge in [-0.2, -0.15) is 0 Å². The van der Waals surface area contributed by atoms with Gasteiger partial charge in [-0.05, 0) is 39.0 Å². The van der Waals surface area contributed by atoms with Gasteiger partial charge in [0.05, 0.1) is 12.1 Å². The maximum atomic E-state index is 12.0. The van der Waals surface area contributed by atoms with Gasteiger partial charge < -0.3 is 14.4 Å². The highest BCUT2D eigenvalue weighted by atomic mass is 79.9. The predicted molar refractivity (Wildman–Crippen MR) is 86.4 cm³/mol. The van der Waals surface area contributed by atoms with Crippen molar-refractivity contribution in [3.8, 4) is 5.75 Å². The number of carbonyl (C=O) groups excluding carboxylic acids is 2. The number of ether oxygens (including phenoxy) is 2. The molecular formula is C16H20BrNO4. The molecule has 0 N–H and O–H groups in total. The fraction of sp³-hybridized carbons (Fsp3) is 0.500. The lowest BCUT2D eigenvalue weighted by Crippen LogP contribution is -2.36. The summed E-state index contributed by atoms with van der Waals surface area (Å²) in [5.74, 6) is 0.536. The molecule has 1 aromatic carbocycles. The molecule has 5 nitrogen and oxygen atoms in total. The highest BCUT2D eigenvalue weighted by molar-refractivity contribution is 9.10. The molecule has 1 fully saturated rings. The quantitative estimate of drug-likeness (QED) is 0.763. The van der Waals surface area contributed by atoms with Gasteiger partial charge >= 0.3 is 6.09 Å². The third-order valence-corrected chi connectivity index (χ3v) is 3.68. The Morgan fingerprint density at radius 1 is 1.41 bits per heavy atom. The summed E-state index contributed by atoms with van der Waals surface area (Å²) in [5.41, 5.74) is -0.0167. The minimum Gasteiger partial charge on any atom is -0.488 e. The van der Waals surface area contributed by atoms with Gasteiger partial charge in [0.15, 0.2) is 6.29 Å². The van der Waals surface area contributed by atoms with E-state index in [0.29, 0.717) is 30.8 Å². The van der Waals surface area contributed by atoms with Crippen LogP contribution in [-0.2, 0) is 4.74 Å². The number of nitrogens with zero attached hydrogens (tertiary/aromatic N) is 1. The average Bonchev–Trinajstić information content (AvgIpc) is 2.87. The molecule has 1 aromatic rings. The van der Waals surface area contributed by atoms with Crippen molar-refractivity contribution in [3.63, 3.8) is 0 Å². The number of amides is 1. The maximum Gasteiger partial charge on any atom is 0.410 e. The SMILES string of the molecule is CC(C)(C)OC(=O)N1CC[C@H](Oc2ccc(Br)cc2C=O)C1. The average molecular weight is 370 g/mol. The summed E-state index contributed by atoms with van der Waals surface area (Å²) in [4.78, 5) is 24.7. The topological polar surface area (TPSA) is 55.8 Å². The Morgan fingerprint density at radius 3 is 2.77 bits per heavy atom. The smallest absolute Gasteiger partial charge is 0.410 e. The van der Waals surface area contributed by atoms with E-state index in [-0.39, 0.29) is 12.2 Å². The van der Waals surface area contributed by atoms with Crippen LogP contribution in [0.2, 0.25) is 0 Å². The number of hydrogen-bond donors (Lipinski definition) is 0. The largest absolute Gasteiger partial charge is 0.488 e. The van der Waals surface area contributed by atoms with Crippen LogP contribution < -0.4 is 4.74 Å². The number of carbonyl (C=O) groups is 2. The normalized spacial score (nSPS) is 18.2. The van der Waals surface area contributed by atoms with E-state index < -0.39 is 5.60 Å². The Morgan fingerprint density at radius 2 is 2.14 bits per heavy atom. The summed E-state index contributed by atoms with van der Waals surface area (Å²) in [6.45, 7) is 6.57. The van der Waals surface area contributed by atoms with Crippen LogP contribution in [0.5, 0.6) is 5.75 Å². The van der Waals surface area contributed by atoms with Crippen molar-refractivity contribution in [1.29, 1.82) is 0 Å². The van der Waals surface area contributed by atoms with Crippen molar-refractivity contribution in [2.24, 2.45) is 0 Å². The van der Waals surface area contributed by atoms with Gasteiger partial charge in [0, 0.05) is 17.4 Å². The van der Waals surface area contributed by atoms with Crippen molar-refractivity contribution in [1.82, 2.24) is 4.90 Å². The van der Waals surface area contributed by atoms with E-state index in [9.17, 15) is 9.59 Å². The predicted octanol–water partition coefficient (Wildman–Crippen LogP) is 3.65. The molecular weight excluding hydrogens is 350 g/mol. The molecule has 0 radical (unpaired) electrons. The molecule has 120 valence electrons. The summed E-state index contributed by atoms with van der Waals surface area (Å²) >= 11 is 3.32. The lowest BCUT2D eigenvalue weighted by atomic mass is 10.2. The van der Waals surface area contributed by atoms with Crippen LogP contribution in [0.15, 0.2) is 22.7 Å². The van der Waals surface area contributed by atoms with Crippen LogP contribution in [-0.4, -0.2) is 42.1 Å². The second-order valence-corrected chi connectivity index (χ2v) is 7.17. The van der Waals surface area contributed by atoms with Crippen LogP contribution in [0.4, 0.5) is 4.79 Å². The summed E-state index contributed by atoms with van der Waals surface area (Å²) < 4.78 is 12.0. The highest BCUT2D eigenvalue weighted by Gasteiger charge is 2.31. The summed E-state index contributed by atoms with van der Waals surface area (Å²) in [7, 11) is 0. The zero-order valence-corrected chi connectivity index (χ0v) is 14.6. The highest BCUT2D eigenvalue weighted by Crippen LogP contribution is 2.25. The molecule has 1 aliphatic rings. The Balaban J connectivity index is 1.97. The van der Waals surface area contributed by atoms with Crippen LogP contribution in [0, 0.1) is 0 Å². The first-order valence-corrected chi connectivity index (χ1v) is 7.97. The molecule has 0 aliphatic carbocycles. The minimum atomic E-state index is -0.508. The van der Waals surface area contributed by atoms with Crippen LogP contribution in [0.3, 0.4) is 0 Å². The molecule has 1 saturated heterocycles. The van der Waals surface area contributed by atoms with Crippen molar-refractivity contribution in [3.05, 3.63) is 28.2 Å². The molecule has 1 heterocycles. The van der Waals surface area contributed by atoms with Gasteiger partial charge in [0.2, 0.25) is 0 Å². The molecule has 0 bridgehead atoms. The Kier molecular flexibility index (Phi) is 5.11. The molecule has 0 unspecified atom stereocenters. The van der Waals surface area contributed by atoms with Crippen LogP contribution in [0.1, 0.15) is 37.6 Å². The summed E-state index contributed by atoms with van der Waals surface area (Å²) in [6, 6.07) is 5.29. The van der Waals surface area contributed by atoms with Crippen molar-refractivity contribution >= 4 is 28.3 Å². The van der Waals surface area contributed by atoms with Crippen molar-refractivity contribution in [2.75, 3.05) is 13.1 Å². The maximum absolute atomic E-state index is 12.0. The van der Waals surface area contributed by atoms with Crippen molar-refractivity contribution < 1.29 is 19.1 Å². The molecule has 0 saturated carbocycles. The van der Waals surface area contributed by atoms with E-state index in [1.54, 1.807) is 17.0 Å². The summed E-state index contributed by atoms with van der Waals surface area (Å²) in [6.07, 6.45) is 1.02. The third-order valence-electron chi connectivity index (χ3n) is 3.19. The summed E-state index contributed by atoms with van der Waals surface area (Å²) in [5, 5.41) is 0. The molecule has 1 aliphatic heterocycles. The Hall–Kier alpha value is -1.56. The number of likely N-dealkylation sites (tertiary alicyclic amines) is 1. The fourth-order valence-corrected chi connectivity index (χ4v) is 2.59. The van der Waals surface area contributed by atoms with Gasteiger partial charge in [0.1, 0.15) is 17.5 Å². The van der Waals surface area contributed by atoms with Gasteiger partial charge in [-0.25, -0.2) is 4.79 Å². The standard InChI is InChI=1S/C16H20BrNO4/c1-16(2,3)22-15(20)18-7-6-13(9-18)21-14-5-4-12(17)8-11(14)10-19/h4-5,8,10,13H,6-7,9H2,1-3H3/t13-/m0/s1. The number of rotatable bonds is 3. The third kappa shape index (κ3) is 4.47. The van der Waals surface area contributed by atoms with Crippen LogP contribution >= 0.6 is 15.9 Å². The second kappa shape index (κ2) is 6.69. The Bertz CT molecular complexity index is 568. The molecule has 0 spiro atoms. The monoisotopic (exact) mass is 369 g/mol. The number of aldehydes is 1. The minimum absolute atomic E-state index is 0.132. The lowest BCUT2D eigenvalue weighted by molar-refractivity contribution is 0.0275. The van der Waals surface area contributed by atoms with E-state index in [0.717, 1.165) is 10.8 Å². The van der Waals surface area contributed by atoms with Crippen molar-refractivity contribution in [2.45, 2.75) is 38.9 Å². The molecule has 2 rings (SSSR count). The molecule has 0 aromatic heterocycles. The molecule has 22 heavy (non-hydrogen) atoms. The first kappa shape index (κ1) is 16.8. The first-order valence-electron chi connectivity index (χ1n) is 7.18. The lowest BCUT2D eigenvalue weighted by Gasteiger charge is -2.24.